The maximum absolute atomic E-state index is 13.6. The molecule has 4 aromatic rings. The largest absolute Gasteiger partial charge is 0.450 e. The summed E-state index contributed by atoms with van der Waals surface area (Å²) < 4.78 is 8.79. The van der Waals surface area contributed by atoms with Gasteiger partial charge in [0.15, 0.2) is 5.76 Å². The van der Waals surface area contributed by atoms with Crippen molar-refractivity contribution in [2.45, 2.75) is 85.2 Å². The maximum Gasteiger partial charge on any atom is 0.289 e. The average Bonchev–Trinajstić information content (AvgIpc) is 3.49. The van der Waals surface area contributed by atoms with E-state index in [-0.39, 0.29) is 23.4 Å². The van der Waals surface area contributed by atoms with E-state index in [4.69, 9.17) is 4.42 Å². The summed E-state index contributed by atoms with van der Waals surface area (Å²) in [5, 5.41) is 20.4. The fourth-order valence-electron chi connectivity index (χ4n) is 5.80. The first-order valence-corrected chi connectivity index (χ1v) is 15.0. The van der Waals surface area contributed by atoms with Crippen molar-refractivity contribution in [3.8, 4) is 0 Å². The lowest BCUT2D eigenvalue weighted by molar-refractivity contribution is 0.0245. The standard InChI is InChI=1S/C32H40BrN5O3/c1-19-12-25(33)13-27-22(4)30(41-29(19)27)31(40)36-14-20(2)38(21(3)15-36)17-26-16-37(35-34-26)18-28(39)23-8-10-24(11-9-23)32(5,6)7/h8-13,16,20-21,28,39H,14-15,17-18H2,1-7H3/t20-,21+,28?. The molecule has 1 fully saturated rings. The second kappa shape index (κ2) is 11.3. The van der Waals surface area contributed by atoms with E-state index in [1.807, 2.05) is 49.2 Å². The van der Waals surface area contributed by atoms with Crippen LogP contribution >= 0.6 is 15.9 Å². The third-order valence-corrected chi connectivity index (χ3v) is 8.68. The number of halogens is 1. The lowest BCUT2D eigenvalue weighted by atomic mass is 9.86. The Morgan fingerprint density at radius 2 is 1.78 bits per heavy atom. The van der Waals surface area contributed by atoms with E-state index in [1.165, 1.54) is 5.56 Å². The van der Waals surface area contributed by atoms with Gasteiger partial charge in [-0.2, -0.15) is 0 Å². The zero-order valence-electron chi connectivity index (χ0n) is 25.0. The van der Waals surface area contributed by atoms with Gasteiger partial charge in [0.25, 0.3) is 5.91 Å². The van der Waals surface area contributed by atoms with Crippen LogP contribution in [-0.2, 0) is 18.5 Å². The zero-order valence-corrected chi connectivity index (χ0v) is 26.6. The van der Waals surface area contributed by atoms with Crippen LogP contribution in [0, 0.1) is 13.8 Å². The summed E-state index contributed by atoms with van der Waals surface area (Å²) in [6, 6.07) is 12.4. The Bertz CT molecular complexity index is 1540. The summed E-state index contributed by atoms with van der Waals surface area (Å²) in [6.45, 7) is 16.9. The van der Waals surface area contributed by atoms with Crippen molar-refractivity contribution in [2.75, 3.05) is 13.1 Å². The van der Waals surface area contributed by atoms with Gasteiger partial charge in [-0.3, -0.25) is 9.69 Å². The summed E-state index contributed by atoms with van der Waals surface area (Å²) in [7, 11) is 0. The fourth-order valence-corrected chi connectivity index (χ4v) is 6.37. The van der Waals surface area contributed by atoms with Crippen molar-refractivity contribution in [3.63, 3.8) is 0 Å². The number of benzene rings is 2. The Morgan fingerprint density at radius 3 is 2.41 bits per heavy atom. The van der Waals surface area contributed by atoms with Crippen LogP contribution in [0.2, 0.25) is 0 Å². The van der Waals surface area contributed by atoms with Gasteiger partial charge in [0, 0.05) is 53.3 Å². The third-order valence-electron chi connectivity index (χ3n) is 8.22. The maximum atomic E-state index is 13.6. The van der Waals surface area contributed by atoms with Gasteiger partial charge in [-0.1, -0.05) is 66.2 Å². The number of furan rings is 1. The highest BCUT2D eigenvalue weighted by molar-refractivity contribution is 9.10. The number of piperazine rings is 1. The Labute approximate surface area is 250 Å². The van der Waals surface area contributed by atoms with E-state index >= 15 is 0 Å². The molecule has 218 valence electrons. The molecule has 0 saturated carbocycles. The Hall–Kier alpha value is -3.01. The molecule has 1 aliphatic heterocycles. The molecule has 1 saturated heterocycles. The fraction of sp³-hybridized carbons (Fsp3) is 0.469. The molecule has 41 heavy (non-hydrogen) atoms. The Morgan fingerprint density at radius 1 is 1.12 bits per heavy atom. The minimum absolute atomic E-state index is 0.0666. The predicted molar refractivity (Wildman–Crippen MR) is 164 cm³/mol. The van der Waals surface area contributed by atoms with Gasteiger partial charge in [-0.25, -0.2) is 4.68 Å². The van der Waals surface area contributed by atoms with Crippen molar-refractivity contribution in [1.82, 2.24) is 24.8 Å². The summed E-state index contributed by atoms with van der Waals surface area (Å²) in [5.41, 5.74) is 5.65. The zero-order chi connectivity index (χ0) is 29.6. The number of hydrogen-bond acceptors (Lipinski definition) is 6. The molecule has 1 N–H and O–H groups in total. The number of rotatable bonds is 6. The van der Waals surface area contributed by atoms with E-state index in [2.05, 4.69) is 77.9 Å². The SMILES string of the molecule is Cc1c(C(=O)N2C[C@@H](C)N(Cc3cn(CC(O)c4ccc(C(C)(C)C)cc4)nn3)[C@@H](C)C2)oc2c(C)cc(Br)cc12. The summed E-state index contributed by atoms with van der Waals surface area (Å²) >= 11 is 3.56. The van der Waals surface area contributed by atoms with Crippen molar-refractivity contribution < 1.29 is 14.3 Å². The van der Waals surface area contributed by atoms with E-state index in [0.29, 0.717) is 31.9 Å². The van der Waals surface area contributed by atoms with E-state index in [1.54, 1.807) is 4.68 Å². The van der Waals surface area contributed by atoms with E-state index in [9.17, 15) is 9.90 Å². The minimum atomic E-state index is -0.669. The number of carbonyl (C=O) groups excluding carboxylic acids is 1. The molecule has 9 heteroatoms. The van der Waals surface area contributed by atoms with Gasteiger partial charge in [-0.05, 0) is 61.9 Å². The second-order valence-corrected chi connectivity index (χ2v) is 13.5. The molecule has 1 aliphatic rings. The van der Waals surface area contributed by atoms with Crippen LogP contribution in [0.15, 0.2) is 51.5 Å². The van der Waals surface area contributed by atoms with Crippen LogP contribution in [0.4, 0.5) is 0 Å². The van der Waals surface area contributed by atoms with Crippen molar-refractivity contribution in [3.05, 3.63) is 80.8 Å². The van der Waals surface area contributed by atoms with Gasteiger partial charge < -0.3 is 14.4 Å². The van der Waals surface area contributed by atoms with Crippen molar-refractivity contribution in [1.29, 1.82) is 0 Å². The first-order valence-electron chi connectivity index (χ1n) is 14.2. The highest BCUT2D eigenvalue weighted by Gasteiger charge is 2.34. The van der Waals surface area contributed by atoms with Gasteiger partial charge in [-0.15, -0.1) is 5.10 Å². The number of aromatic nitrogens is 3. The summed E-state index contributed by atoms with van der Waals surface area (Å²) in [4.78, 5) is 17.8. The van der Waals surface area contributed by atoms with Crippen molar-refractivity contribution >= 4 is 32.8 Å². The average molecular weight is 623 g/mol. The van der Waals surface area contributed by atoms with Crippen LogP contribution in [-0.4, -0.2) is 61.0 Å². The molecule has 0 aliphatic carbocycles. The van der Waals surface area contributed by atoms with Crippen LogP contribution in [0.3, 0.4) is 0 Å². The molecule has 2 aromatic heterocycles. The monoisotopic (exact) mass is 621 g/mol. The Balaban J connectivity index is 1.22. The predicted octanol–water partition coefficient (Wildman–Crippen LogP) is 6.17. The molecule has 0 radical (unpaired) electrons. The number of aliphatic hydroxyl groups is 1. The molecule has 8 nitrogen and oxygen atoms in total. The summed E-state index contributed by atoms with van der Waals surface area (Å²) in [6.07, 6.45) is 1.24. The van der Waals surface area contributed by atoms with Gasteiger partial charge in [0.2, 0.25) is 0 Å². The molecule has 2 aromatic carbocycles. The molecular formula is C32H40BrN5O3. The van der Waals surface area contributed by atoms with E-state index in [0.717, 1.165) is 37.8 Å². The van der Waals surface area contributed by atoms with Crippen LogP contribution in [0.25, 0.3) is 11.0 Å². The molecule has 5 rings (SSSR count). The topological polar surface area (TPSA) is 87.6 Å². The molecule has 0 spiro atoms. The number of fused-ring (bicyclic) bond motifs is 1. The van der Waals surface area contributed by atoms with Crippen molar-refractivity contribution in [2.24, 2.45) is 0 Å². The summed E-state index contributed by atoms with van der Waals surface area (Å²) in [5.74, 6) is 0.353. The molecule has 3 heterocycles. The second-order valence-electron chi connectivity index (χ2n) is 12.6. The normalized spacial score (nSPS) is 19.2. The molecule has 3 atom stereocenters. The van der Waals surface area contributed by atoms with Crippen LogP contribution < -0.4 is 0 Å². The highest BCUT2D eigenvalue weighted by Crippen LogP contribution is 2.32. The third kappa shape index (κ3) is 6.12. The Kier molecular flexibility index (Phi) is 8.16. The lowest BCUT2D eigenvalue weighted by Crippen LogP contribution is -2.57. The van der Waals surface area contributed by atoms with Crippen LogP contribution in [0.5, 0.6) is 0 Å². The number of hydrogen-bond donors (Lipinski definition) is 1. The van der Waals surface area contributed by atoms with Gasteiger partial charge in [0.05, 0.1) is 18.3 Å². The molecule has 1 unspecified atom stereocenters. The van der Waals surface area contributed by atoms with Gasteiger partial charge >= 0.3 is 0 Å². The lowest BCUT2D eigenvalue weighted by Gasteiger charge is -2.43. The molecular weight excluding hydrogens is 582 g/mol. The quantitative estimate of drug-likeness (QED) is 0.277. The van der Waals surface area contributed by atoms with Gasteiger partial charge in [0.1, 0.15) is 5.58 Å². The number of aliphatic hydroxyl groups excluding tert-OH is 1. The minimum Gasteiger partial charge on any atom is -0.450 e. The van der Waals surface area contributed by atoms with E-state index < -0.39 is 6.10 Å². The number of amides is 1. The first-order chi connectivity index (χ1) is 19.3. The molecule has 1 amide bonds. The number of aryl methyl sites for hydroxylation is 2. The molecule has 0 bridgehead atoms. The smallest absolute Gasteiger partial charge is 0.289 e. The first kappa shape index (κ1) is 29.5. The van der Waals surface area contributed by atoms with Crippen LogP contribution in [0.1, 0.15) is 79.2 Å². The highest BCUT2D eigenvalue weighted by atomic mass is 79.9. The number of nitrogens with zero attached hydrogens (tertiary/aromatic N) is 5. The number of carbonyl (C=O) groups is 1.